The van der Waals surface area contributed by atoms with Gasteiger partial charge < -0.3 is 14.5 Å². The topological polar surface area (TPSA) is 103 Å². The Bertz CT molecular complexity index is 1210. The van der Waals surface area contributed by atoms with Crippen molar-refractivity contribution in [3.8, 4) is 23.3 Å². The van der Waals surface area contributed by atoms with Gasteiger partial charge in [0.2, 0.25) is 5.82 Å². The molecule has 7 nitrogen and oxygen atoms in total. The minimum atomic E-state index is -1.74. The molecule has 0 atom stereocenters. The van der Waals surface area contributed by atoms with Gasteiger partial charge in [0.15, 0.2) is 17.4 Å². The van der Waals surface area contributed by atoms with Crippen LogP contribution in [0.2, 0.25) is 0 Å². The molecule has 1 amide bonds. The molecule has 1 aliphatic rings. The zero-order valence-corrected chi connectivity index (χ0v) is 17.1. The number of hydrogen-bond acceptors (Lipinski definition) is 6. The Labute approximate surface area is 180 Å². The van der Waals surface area contributed by atoms with Gasteiger partial charge in [-0.3, -0.25) is 4.79 Å². The summed E-state index contributed by atoms with van der Waals surface area (Å²) in [6.07, 6.45) is 0.457. The largest absolute Gasteiger partial charge is 0.503 e. The molecule has 2 aromatic carbocycles. The Morgan fingerprint density at radius 2 is 2.03 bits per heavy atom. The molecule has 2 heterocycles. The van der Waals surface area contributed by atoms with Crippen LogP contribution in [0.1, 0.15) is 27.3 Å². The standard InChI is InChI=1S/C19H10F3IN4O3/c20-12-11(15(23)13(21)14(22)16(12)28)18-25-17(26-30-18)19(29)27-5-4-10-8(6-24)2-1-3-9(10)7-27/h1-3,28H,4-5,7H2. The Hall–Kier alpha value is -3.14. The van der Waals surface area contributed by atoms with Gasteiger partial charge in [0.25, 0.3) is 17.6 Å². The lowest BCUT2D eigenvalue weighted by Gasteiger charge is -2.28. The van der Waals surface area contributed by atoms with E-state index in [0.717, 1.165) is 11.1 Å². The van der Waals surface area contributed by atoms with E-state index < -0.39 is 50.0 Å². The van der Waals surface area contributed by atoms with Crippen LogP contribution in [0.3, 0.4) is 0 Å². The van der Waals surface area contributed by atoms with Crippen LogP contribution in [0.15, 0.2) is 22.7 Å². The molecule has 1 aromatic heterocycles. The quantitative estimate of drug-likeness (QED) is 0.312. The van der Waals surface area contributed by atoms with E-state index in [4.69, 9.17) is 4.52 Å². The van der Waals surface area contributed by atoms with E-state index >= 15 is 0 Å². The third-order valence-corrected chi connectivity index (χ3v) is 5.76. The van der Waals surface area contributed by atoms with Gasteiger partial charge in [-0.2, -0.15) is 14.6 Å². The van der Waals surface area contributed by atoms with E-state index in [2.05, 4.69) is 16.2 Å². The Balaban J connectivity index is 1.64. The molecular formula is C19H10F3IN4O3. The van der Waals surface area contributed by atoms with Crippen molar-refractivity contribution in [1.29, 1.82) is 5.26 Å². The van der Waals surface area contributed by atoms with Crippen LogP contribution in [-0.4, -0.2) is 32.6 Å². The van der Waals surface area contributed by atoms with Gasteiger partial charge >= 0.3 is 0 Å². The smallest absolute Gasteiger partial charge is 0.295 e. The predicted octanol–water partition coefficient (Wildman–Crippen LogP) is 3.53. The van der Waals surface area contributed by atoms with Gasteiger partial charge in [-0.15, -0.1) is 0 Å². The van der Waals surface area contributed by atoms with Crippen LogP contribution in [0.5, 0.6) is 5.75 Å². The van der Waals surface area contributed by atoms with E-state index in [1.807, 2.05) is 0 Å². The first-order valence-electron chi connectivity index (χ1n) is 8.52. The van der Waals surface area contributed by atoms with Crippen LogP contribution in [0.25, 0.3) is 11.5 Å². The van der Waals surface area contributed by atoms with E-state index in [0.29, 0.717) is 18.5 Å². The Morgan fingerprint density at radius 3 is 2.77 bits per heavy atom. The summed E-state index contributed by atoms with van der Waals surface area (Å²) < 4.78 is 46.0. The normalized spacial score (nSPS) is 13.1. The van der Waals surface area contributed by atoms with Crippen molar-refractivity contribution in [3.63, 3.8) is 0 Å². The van der Waals surface area contributed by atoms with Crippen LogP contribution in [-0.2, 0) is 13.0 Å². The molecule has 3 aromatic rings. The van der Waals surface area contributed by atoms with Crippen molar-refractivity contribution >= 4 is 28.5 Å². The number of phenolic OH excluding ortho intramolecular Hbond substituents is 1. The number of benzene rings is 2. The lowest BCUT2D eigenvalue weighted by Crippen LogP contribution is -2.36. The number of aromatic hydroxyl groups is 1. The SMILES string of the molecule is N#Cc1cccc2c1CCN(C(=O)c1noc(-c3c(F)c(O)c(F)c(F)c3I)n1)C2. The molecular weight excluding hydrogens is 516 g/mol. The summed E-state index contributed by atoms with van der Waals surface area (Å²) in [7, 11) is 0. The molecule has 1 aliphatic heterocycles. The second kappa shape index (κ2) is 7.60. The summed E-state index contributed by atoms with van der Waals surface area (Å²) in [6.45, 7) is 0.512. The predicted molar refractivity (Wildman–Crippen MR) is 104 cm³/mol. The number of halogens is 4. The van der Waals surface area contributed by atoms with E-state index in [9.17, 15) is 28.3 Å². The average molecular weight is 526 g/mol. The Kier molecular flexibility index (Phi) is 5.10. The van der Waals surface area contributed by atoms with Gasteiger partial charge in [0, 0.05) is 13.1 Å². The minimum absolute atomic E-state index is 0.214. The number of carbonyl (C=O) groups excluding carboxylic acids is 1. The first-order valence-corrected chi connectivity index (χ1v) is 9.60. The number of phenols is 1. The van der Waals surface area contributed by atoms with Crippen molar-refractivity contribution < 1.29 is 27.6 Å². The first-order chi connectivity index (χ1) is 14.3. The highest BCUT2D eigenvalue weighted by atomic mass is 127. The van der Waals surface area contributed by atoms with Gasteiger partial charge in [0.05, 0.1) is 20.8 Å². The fourth-order valence-electron chi connectivity index (χ4n) is 3.25. The highest BCUT2D eigenvalue weighted by Gasteiger charge is 2.31. The molecule has 0 saturated heterocycles. The maximum Gasteiger partial charge on any atom is 0.295 e. The second-order valence-corrected chi connectivity index (χ2v) is 7.51. The number of nitrogens with zero attached hydrogens (tertiary/aromatic N) is 4. The number of hydrogen-bond donors (Lipinski definition) is 1. The lowest BCUT2D eigenvalue weighted by atomic mass is 9.95. The summed E-state index contributed by atoms with van der Waals surface area (Å²) >= 11 is 1.34. The number of aromatic nitrogens is 2. The van der Waals surface area contributed by atoms with Crippen LogP contribution < -0.4 is 0 Å². The summed E-state index contributed by atoms with van der Waals surface area (Å²) in [5.74, 6) is -7.79. The van der Waals surface area contributed by atoms with Crippen molar-refractivity contribution in [1.82, 2.24) is 15.0 Å². The number of amides is 1. The minimum Gasteiger partial charge on any atom is -0.503 e. The van der Waals surface area contributed by atoms with Crippen molar-refractivity contribution in [2.75, 3.05) is 6.54 Å². The molecule has 152 valence electrons. The summed E-state index contributed by atoms with van der Waals surface area (Å²) in [5.41, 5.74) is 1.58. The third-order valence-electron chi connectivity index (χ3n) is 4.75. The fourth-order valence-corrected chi connectivity index (χ4v) is 3.95. The molecule has 0 radical (unpaired) electrons. The van der Waals surface area contributed by atoms with E-state index in [1.165, 1.54) is 27.5 Å². The van der Waals surface area contributed by atoms with Gasteiger partial charge in [-0.25, -0.2) is 8.78 Å². The third kappa shape index (κ3) is 3.17. The second-order valence-electron chi connectivity index (χ2n) is 6.43. The van der Waals surface area contributed by atoms with E-state index in [-0.39, 0.29) is 6.54 Å². The molecule has 0 fully saturated rings. The zero-order chi connectivity index (χ0) is 21.6. The maximum absolute atomic E-state index is 14.3. The van der Waals surface area contributed by atoms with Crippen LogP contribution >= 0.6 is 22.6 Å². The number of nitriles is 1. The van der Waals surface area contributed by atoms with Gasteiger partial charge in [-0.1, -0.05) is 17.3 Å². The lowest BCUT2D eigenvalue weighted by molar-refractivity contribution is 0.0719. The van der Waals surface area contributed by atoms with Crippen LogP contribution in [0.4, 0.5) is 13.2 Å². The number of rotatable bonds is 2. The number of carbonyl (C=O) groups is 1. The Morgan fingerprint density at radius 1 is 1.27 bits per heavy atom. The molecule has 0 saturated carbocycles. The highest BCUT2D eigenvalue weighted by molar-refractivity contribution is 14.1. The zero-order valence-electron chi connectivity index (χ0n) is 14.9. The van der Waals surface area contributed by atoms with Crippen molar-refractivity contribution in [2.45, 2.75) is 13.0 Å². The molecule has 11 heteroatoms. The summed E-state index contributed by atoms with van der Waals surface area (Å²) in [4.78, 5) is 18.0. The fraction of sp³-hybridized carbons (Fsp3) is 0.158. The van der Waals surface area contributed by atoms with Crippen molar-refractivity contribution in [3.05, 3.63) is 61.7 Å². The highest BCUT2D eigenvalue weighted by Crippen LogP contribution is 2.36. The van der Waals surface area contributed by atoms with Crippen LogP contribution in [0, 0.1) is 32.4 Å². The molecule has 30 heavy (non-hydrogen) atoms. The van der Waals surface area contributed by atoms with Gasteiger partial charge in [0.1, 0.15) is 0 Å². The number of fused-ring (bicyclic) bond motifs is 1. The monoisotopic (exact) mass is 526 g/mol. The maximum atomic E-state index is 14.3. The molecule has 0 aliphatic carbocycles. The average Bonchev–Trinajstić information content (AvgIpc) is 3.24. The molecule has 1 N–H and O–H groups in total. The van der Waals surface area contributed by atoms with Gasteiger partial charge in [-0.05, 0) is 46.2 Å². The van der Waals surface area contributed by atoms with Crippen molar-refractivity contribution in [2.24, 2.45) is 0 Å². The summed E-state index contributed by atoms with van der Waals surface area (Å²) in [5, 5.41) is 22.1. The van der Waals surface area contributed by atoms with E-state index in [1.54, 1.807) is 18.2 Å². The molecule has 0 spiro atoms. The first kappa shape index (κ1) is 20.1. The molecule has 0 bridgehead atoms. The summed E-state index contributed by atoms with van der Waals surface area (Å²) in [6, 6.07) is 7.35. The molecule has 0 unspecified atom stereocenters. The molecule has 4 rings (SSSR count).